The molecule has 1 aliphatic rings. The van der Waals surface area contributed by atoms with Crippen LogP contribution >= 0.6 is 0 Å². The standard InChI is InChI=1S/C16H13FN2O3/c17-11-3-1-2-10(8-11)16(21)18-12-4-5-14-13(9-12)19-15(20)6-7-22-14/h1-5,8-9H,6-7H2,(H,18,21)(H,19,20). The molecule has 0 bridgehead atoms. The first-order chi connectivity index (χ1) is 10.6. The van der Waals surface area contributed by atoms with Crippen molar-refractivity contribution >= 4 is 23.2 Å². The minimum atomic E-state index is -0.477. The van der Waals surface area contributed by atoms with Crippen molar-refractivity contribution in [2.75, 3.05) is 17.2 Å². The number of amides is 2. The van der Waals surface area contributed by atoms with Crippen molar-refractivity contribution in [1.29, 1.82) is 0 Å². The van der Waals surface area contributed by atoms with Crippen molar-refractivity contribution in [3.05, 3.63) is 53.8 Å². The van der Waals surface area contributed by atoms with Gasteiger partial charge < -0.3 is 15.4 Å². The molecule has 1 heterocycles. The van der Waals surface area contributed by atoms with Gasteiger partial charge in [-0.25, -0.2) is 4.39 Å². The minimum absolute atomic E-state index is 0.146. The van der Waals surface area contributed by atoms with Gasteiger partial charge in [-0.05, 0) is 36.4 Å². The molecule has 0 unspecified atom stereocenters. The number of halogens is 1. The van der Waals surface area contributed by atoms with E-state index < -0.39 is 11.7 Å². The highest BCUT2D eigenvalue weighted by molar-refractivity contribution is 6.05. The summed E-state index contributed by atoms with van der Waals surface area (Å²) in [5.74, 6) is -0.502. The molecule has 1 aliphatic heterocycles. The summed E-state index contributed by atoms with van der Waals surface area (Å²) in [6.07, 6.45) is 0.277. The molecule has 2 amide bonds. The number of anilines is 2. The molecule has 2 aromatic rings. The first kappa shape index (κ1) is 14.1. The van der Waals surface area contributed by atoms with Crippen LogP contribution in [0.4, 0.5) is 15.8 Å². The van der Waals surface area contributed by atoms with E-state index in [2.05, 4.69) is 10.6 Å². The summed E-state index contributed by atoms with van der Waals surface area (Å²) in [7, 11) is 0. The van der Waals surface area contributed by atoms with Gasteiger partial charge in [0.2, 0.25) is 5.91 Å². The zero-order valence-corrected chi connectivity index (χ0v) is 11.6. The summed E-state index contributed by atoms with van der Waals surface area (Å²) < 4.78 is 18.6. The second-order valence-corrected chi connectivity index (χ2v) is 4.82. The number of ether oxygens (including phenoxy) is 1. The number of nitrogens with one attached hydrogen (secondary N) is 2. The van der Waals surface area contributed by atoms with E-state index in [0.29, 0.717) is 23.7 Å². The Kier molecular flexibility index (Phi) is 3.74. The molecule has 0 fully saturated rings. The number of fused-ring (bicyclic) bond motifs is 1. The SMILES string of the molecule is O=C1CCOc2ccc(NC(=O)c3cccc(F)c3)cc2N1. The molecular weight excluding hydrogens is 287 g/mol. The Morgan fingerprint density at radius 1 is 1.23 bits per heavy atom. The van der Waals surface area contributed by atoms with E-state index >= 15 is 0 Å². The lowest BCUT2D eigenvalue weighted by Crippen LogP contribution is -2.13. The molecule has 5 nitrogen and oxygen atoms in total. The van der Waals surface area contributed by atoms with E-state index in [-0.39, 0.29) is 17.9 Å². The minimum Gasteiger partial charge on any atom is -0.491 e. The molecular formula is C16H13FN2O3. The predicted molar refractivity (Wildman–Crippen MR) is 79.5 cm³/mol. The average Bonchev–Trinajstić information content (AvgIpc) is 2.67. The van der Waals surface area contributed by atoms with Crippen LogP contribution in [0.25, 0.3) is 0 Å². The van der Waals surface area contributed by atoms with Crippen LogP contribution in [0.1, 0.15) is 16.8 Å². The lowest BCUT2D eigenvalue weighted by molar-refractivity contribution is -0.116. The van der Waals surface area contributed by atoms with Gasteiger partial charge in [-0.2, -0.15) is 0 Å². The van der Waals surface area contributed by atoms with Crippen LogP contribution in [-0.4, -0.2) is 18.4 Å². The van der Waals surface area contributed by atoms with Crippen molar-refractivity contribution in [1.82, 2.24) is 0 Å². The van der Waals surface area contributed by atoms with Crippen LogP contribution in [0.5, 0.6) is 5.75 Å². The summed E-state index contributed by atoms with van der Waals surface area (Å²) in [6, 6.07) is 10.4. The van der Waals surface area contributed by atoms with Gasteiger partial charge in [0.15, 0.2) is 0 Å². The third kappa shape index (κ3) is 3.06. The first-order valence-corrected chi connectivity index (χ1v) is 6.75. The molecule has 6 heteroatoms. The molecule has 0 atom stereocenters. The predicted octanol–water partition coefficient (Wildman–Crippen LogP) is 2.80. The third-order valence-corrected chi connectivity index (χ3v) is 3.19. The summed E-state index contributed by atoms with van der Waals surface area (Å²) in [5, 5.41) is 5.37. The molecule has 3 rings (SSSR count). The van der Waals surface area contributed by atoms with Crippen molar-refractivity contribution in [3.8, 4) is 5.75 Å². The van der Waals surface area contributed by atoms with Gasteiger partial charge in [0.05, 0.1) is 18.7 Å². The van der Waals surface area contributed by atoms with Crippen molar-refractivity contribution in [2.45, 2.75) is 6.42 Å². The Labute approximate surface area is 126 Å². The topological polar surface area (TPSA) is 67.4 Å². The monoisotopic (exact) mass is 300 g/mol. The number of hydrogen-bond acceptors (Lipinski definition) is 3. The molecule has 0 spiro atoms. The van der Waals surface area contributed by atoms with Gasteiger partial charge in [0, 0.05) is 11.3 Å². The molecule has 2 aromatic carbocycles. The molecule has 0 radical (unpaired) electrons. The quantitative estimate of drug-likeness (QED) is 0.896. The highest BCUT2D eigenvalue weighted by atomic mass is 19.1. The summed E-state index contributed by atoms with van der Waals surface area (Å²) in [6.45, 7) is 0.313. The number of rotatable bonds is 2. The molecule has 2 N–H and O–H groups in total. The van der Waals surface area contributed by atoms with E-state index in [0.717, 1.165) is 6.07 Å². The molecule has 112 valence electrons. The Morgan fingerprint density at radius 2 is 2.09 bits per heavy atom. The normalized spacial score (nSPS) is 13.4. The lowest BCUT2D eigenvalue weighted by Gasteiger charge is -2.10. The van der Waals surface area contributed by atoms with Gasteiger partial charge in [0.25, 0.3) is 5.91 Å². The van der Waals surface area contributed by atoms with Gasteiger partial charge in [-0.3, -0.25) is 9.59 Å². The fourth-order valence-electron chi connectivity index (χ4n) is 2.13. The van der Waals surface area contributed by atoms with E-state index in [4.69, 9.17) is 4.74 Å². The van der Waals surface area contributed by atoms with Gasteiger partial charge in [0.1, 0.15) is 11.6 Å². The largest absolute Gasteiger partial charge is 0.491 e. The smallest absolute Gasteiger partial charge is 0.255 e. The Balaban J connectivity index is 1.81. The maximum absolute atomic E-state index is 13.1. The highest BCUT2D eigenvalue weighted by Gasteiger charge is 2.15. The van der Waals surface area contributed by atoms with Gasteiger partial charge in [-0.1, -0.05) is 6.07 Å². The molecule has 0 saturated heterocycles. The number of benzene rings is 2. The van der Waals surface area contributed by atoms with Gasteiger partial charge >= 0.3 is 0 Å². The number of hydrogen-bond donors (Lipinski definition) is 2. The van der Waals surface area contributed by atoms with Crippen LogP contribution in [0.2, 0.25) is 0 Å². The first-order valence-electron chi connectivity index (χ1n) is 6.75. The van der Waals surface area contributed by atoms with Crippen LogP contribution in [0, 0.1) is 5.82 Å². The van der Waals surface area contributed by atoms with Crippen LogP contribution in [0.3, 0.4) is 0 Å². The van der Waals surface area contributed by atoms with E-state index in [9.17, 15) is 14.0 Å². The van der Waals surface area contributed by atoms with Gasteiger partial charge in [-0.15, -0.1) is 0 Å². The van der Waals surface area contributed by atoms with Crippen LogP contribution in [0.15, 0.2) is 42.5 Å². The van der Waals surface area contributed by atoms with Crippen molar-refractivity contribution < 1.29 is 18.7 Å². The maximum Gasteiger partial charge on any atom is 0.255 e. The lowest BCUT2D eigenvalue weighted by atomic mass is 10.2. The molecule has 0 aliphatic carbocycles. The van der Waals surface area contributed by atoms with Crippen LogP contribution in [-0.2, 0) is 4.79 Å². The average molecular weight is 300 g/mol. The highest BCUT2D eigenvalue weighted by Crippen LogP contribution is 2.30. The van der Waals surface area contributed by atoms with E-state index in [1.807, 2.05) is 0 Å². The summed E-state index contributed by atoms with van der Waals surface area (Å²) >= 11 is 0. The van der Waals surface area contributed by atoms with Crippen LogP contribution < -0.4 is 15.4 Å². The zero-order chi connectivity index (χ0) is 15.5. The van der Waals surface area contributed by atoms with Crippen molar-refractivity contribution in [3.63, 3.8) is 0 Å². The molecule has 0 saturated carbocycles. The second kappa shape index (κ2) is 5.85. The fourth-order valence-corrected chi connectivity index (χ4v) is 2.13. The third-order valence-electron chi connectivity index (χ3n) is 3.19. The molecule has 0 aromatic heterocycles. The fraction of sp³-hybridized carbons (Fsp3) is 0.125. The Hall–Kier alpha value is -2.89. The second-order valence-electron chi connectivity index (χ2n) is 4.82. The number of carbonyl (C=O) groups excluding carboxylic acids is 2. The summed E-state index contributed by atoms with van der Waals surface area (Å²) in [4.78, 5) is 23.6. The van der Waals surface area contributed by atoms with E-state index in [1.165, 1.54) is 18.2 Å². The Bertz CT molecular complexity index is 746. The van der Waals surface area contributed by atoms with Crippen molar-refractivity contribution in [2.24, 2.45) is 0 Å². The molecule has 22 heavy (non-hydrogen) atoms. The summed E-state index contributed by atoms with van der Waals surface area (Å²) in [5.41, 5.74) is 1.20. The maximum atomic E-state index is 13.1. The number of carbonyl (C=O) groups is 2. The van der Waals surface area contributed by atoms with E-state index in [1.54, 1.807) is 18.2 Å². The Morgan fingerprint density at radius 3 is 2.91 bits per heavy atom. The zero-order valence-electron chi connectivity index (χ0n) is 11.6.